The molecule has 2 aromatic rings. The number of sulfonamides is 1. The van der Waals surface area contributed by atoms with Gasteiger partial charge < -0.3 is 10.5 Å². The number of hydrogen-bond donors (Lipinski definition) is 2. The van der Waals surface area contributed by atoms with E-state index in [1.54, 1.807) is 6.07 Å². The summed E-state index contributed by atoms with van der Waals surface area (Å²) in [4.78, 5) is -0.119. The Labute approximate surface area is 132 Å². The summed E-state index contributed by atoms with van der Waals surface area (Å²) in [5.74, 6) is 0.524. The van der Waals surface area contributed by atoms with Crippen molar-refractivity contribution in [1.29, 1.82) is 0 Å². The highest BCUT2D eigenvalue weighted by atomic mass is 35.5. The molecular formula is C13H12Cl2N2O3S. The molecule has 0 radical (unpaired) electrons. The smallest absolute Gasteiger partial charge is 0.263 e. The van der Waals surface area contributed by atoms with E-state index in [1.165, 1.54) is 37.4 Å². The largest absolute Gasteiger partial charge is 0.497 e. The molecule has 2 rings (SSSR count). The van der Waals surface area contributed by atoms with Gasteiger partial charge in [-0.2, -0.15) is 0 Å². The van der Waals surface area contributed by atoms with Gasteiger partial charge in [0.15, 0.2) is 0 Å². The lowest BCUT2D eigenvalue weighted by Crippen LogP contribution is -2.14. The van der Waals surface area contributed by atoms with Crippen LogP contribution in [0.2, 0.25) is 10.0 Å². The summed E-state index contributed by atoms with van der Waals surface area (Å²) in [5.41, 5.74) is 6.25. The molecule has 0 aromatic heterocycles. The third-order valence-electron chi connectivity index (χ3n) is 2.69. The van der Waals surface area contributed by atoms with Gasteiger partial charge in [0.2, 0.25) is 0 Å². The number of nitrogen functional groups attached to an aromatic ring is 1. The summed E-state index contributed by atoms with van der Waals surface area (Å²) in [6.07, 6.45) is 0. The maximum Gasteiger partial charge on any atom is 0.263 e. The molecule has 0 aliphatic carbocycles. The van der Waals surface area contributed by atoms with Crippen LogP contribution in [0, 0.1) is 0 Å². The first-order valence-corrected chi connectivity index (χ1v) is 7.99. The van der Waals surface area contributed by atoms with E-state index in [0.29, 0.717) is 5.75 Å². The lowest BCUT2D eigenvalue weighted by atomic mass is 10.2. The van der Waals surface area contributed by atoms with E-state index in [-0.39, 0.29) is 26.3 Å². The zero-order valence-corrected chi connectivity index (χ0v) is 13.3. The molecule has 0 unspecified atom stereocenters. The van der Waals surface area contributed by atoms with Crippen molar-refractivity contribution in [1.82, 2.24) is 0 Å². The van der Waals surface area contributed by atoms with Crippen LogP contribution in [0.3, 0.4) is 0 Å². The molecule has 0 saturated carbocycles. The summed E-state index contributed by atoms with van der Waals surface area (Å²) in [5, 5.41) is 0.335. The predicted octanol–water partition coefficient (Wildman–Crippen LogP) is 3.39. The Morgan fingerprint density at radius 3 is 2.48 bits per heavy atom. The van der Waals surface area contributed by atoms with Gasteiger partial charge in [0.05, 0.1) is 23.5 Å². The maximum atomic E-state index is 12.3. The number of methoxy groups -OCH3 is 1. The fourth-order valence-electron chi connectivity index (χ4n) is 1.64. The average molecular weight is 347 g/mol. The molecule has 21 heavy (non-hydrogen) atoms. The van der Waals surface area contributed by atoms with Crippen LogP contribution in [0.25, 0.3) is 0 Å². The number of halogens is 2. The van der Waals surface area contributed by atoms with Gasteiger partial charge in [-0.25, -0.2) is 8.42 Å². The molecule has 0 spiro atoms. The van der Waals surface area contributed by atoms with E-state index in [1.807, 2.05) is 0 Å². The highest BCUT2D eigenvalue weighted by Gasteiger charge is 2.19. The minimum atomic E-state index is -3.90. The van der Waals surface area contributed by atoms with Crippen LogP contribution in [0.15, 0.2) is 41.3 Å². The molecule has 0 bridgehead atoms. The van der Waals surface area contributed by atoms with Gasteiger partial charge in [-0.1, -0.05) is 23.2 Å². The van der Waals surface area contributed by atoms with E-state index in [2.05, 4.69) is 4.72 Å². The summed E-state index contributed by atoms with van der Waals surface area (Å²) >= 11 is 11.7. The quantitative estimate of drug-likeness (QED) is 0.831. The molecule has 112 valence electrons. The van der Waals surface area contributed by atoms with Crippen LogP contribution in [0.5, 0.6) is 5.75 Å². The standard InChI is InChI=1S/C13H12Cl2N2O3S/c1-20-9-3-5-12(11(16)7-9)17-21(18,19)13-6-8(14)2-4-10(13)15/h2-7,17H,16H2,1H3. The Kier molecular flexibility index (Phi) is 4.51. The van der Waals surface area contributed by atoms with Gasteiger partial charge in [0.25, 0.3) is 10.0 Å². The van der Waals surface area contributed by atoms with Crippen molar-refractivity contribution in [3.8, 4) is 5.75 Å². The zero-order chi connectivity index (χ0) is 15.6. The Morgan fingerprint density at radius 2 is 1.86 bits per heavy atom. The van der Waals surface area contributed by atoms with Crippen LogP contribution in [-0.2, 0) is 10.0 Å². The van der Waals surface area contributed by atoms with E-state index in [0.717, 1.165) is 0 Å². The zero-order valence-electron chi connectivity index (χ0n) is 10.9. The first-order chi connectivity index (χ1) is 9.83. The van der Waals surface area contributed by atoms with Gasteiger partial charge in [-0.05, 0) is 30.3 Å². The van der Waals surface area contributed by atoms with Crippen molar-refractivity contribution in [2.24, 2.45) is 0 Å². The molecule has 8 heteroatoms. The first-order valence-electron chi connectivity index (χ1n) is 5.75. The Hall–Kier alpha value is -1.63. The van der Waals surface area contributed by atoms with Gasteiger partial charge in [-0.3, -0.25) is 4.72 Å². The minimum Gasteiger partial charge on any atom is -0.497 e. The fourth-order valence-corrected chi connectivity index (χ4v) is 3.49. The monoisotopic (exact) mass is 346 g/mol. The molecule has 0 heterocycles. The molecule has 0 aliphatic rings. The van der Waals surface area contributed by atoms with E-state index >= 15 is 0 Å². The topological polar surface area (TPSA) is 81.4 Å². The normalized spacial score (nSPS) is 11.2. The molecular weight excluding hydrogens is 335 g/mol. The second kappa shape index (κ2) is 6.01. The molecule has 3 N–H and O–H groups in total. The number of benzene rings is 2. The summed E-state index contributed by atoms with van der Waals surface area (Å²) in [7, 11) is -2.41. The van der Waals surface area contributed by atoms with E-state index in [4.69, 9.17) is 33.7 Å². The summed E-state index contributed by atoms with van der Waals surface area (Å²) in [6.45, 7) is 0. The van der Waals surface area contributed by atoms with Gasteiger partial charge >= 0.3 is 0 Å². The molecule has 5 nitrogen and oxygen atoms in total. The third-order valence-corrected chi connectivity index (χ3v) is 4.77. The molecule has 0 saturated heterocycles. The van der Waals surface area contributed by atoms with Crippen molar-refractivity contribution in [3.05, 3.63) is 46.4 Å². The van der Waals surface area contributed by atoms with Crippen molar-refractivity contribution in [2.45, 2.75) is 4.90 Å². The second-order valence-corrected chi connectivity index (χ2v) is 6.63. The average Bonchev–Trinajstić information content (AvgIpc) is 2.43. The summed E-state index contributed by atoms with van der Waals surface area (Å²) < 4.78 is 32.1. The third kappa shape index (κ3) is 3.53. The van der Waals surface area contributed by atoms with Gasteiger partial charge in [0.1, 0.15) is 10.6 Å². The highest BCUT2D eigenvalue weighted by molar-refractivity contribution is 7.92. The molecule has 0 aliphatic heterocycles. The van der Waals surface area contributed by atoms with Crippen molar-refractivity contribution < 1.29 is 13.2 Å². The van der Waals surface area contributed by atoms with Crippen molar-refractivity contribution >= 4 is 44.6 Å². The van der Waals surface area contributed by atoms with Crippen LogP contribution in [0.4, 0.5) is 11.4 Å². The van der Waals surface area contributed by atoms with Crippen LogP contribution < -0.4 is 15.2 Å². The van der Waals surface area contributed by atoms with Crippen molar-refractivity contribution in [3.63, 3.8) is 0 Å². The number of nitrogens with two attached hydrogens (primary N) is 1. The van der Waals surface area contributed by atoms with Crippen LogP contribution in [-0.4, -0.2) is 15.5 Å². The molecule has 0 fully saturated rings. The number of anilines is 2. The van der Waals surface area contributed by atoms with Crippen LogP contribution >= 0.6 is 23.2 Å². The van der Waals surface area contributed by atoms with Crippen LogP contribution in [0.1, 0.15) is 0 Å². The number of hydrogen-bond acceptors (Lipinski definition) is 4. The van der Waals surface area contributed by atoms with Gasteiger partial charge in [0, 0.05) is 11.1 Å². The highest BCUT2D eigenvalue weighted by Crippen LogP contribution is 2.30. The SMILES string of the molecule is COc1ccc(NS(=O)(=O)c2cc(Cl)ccc2Cl)c(N)c1. The fraction of sp³-hybridized carbons (Fsp3) is 0.0769. The summed E-state index contributed by atoms with van der Waals surface area (Å²) in [6, 6.07) is 8.79. The molecule has 0 amide bonds. The lowest BCUT2D eigenvalue weighted by Gasteiger charge is -2.12. The molecule has 2 aromatic carbocycles. The van der Waals surface area contributed by atoms with E-state index in [9.17, 15) is 8.42 Å². The molecule has 0 atom stereocenters. The first kappa shape index (κ1) is 15.8. The van der Waals surface area contributed by atoms with Crippen molar-refractivity contribution in [2.75, 3.05) is 17.6 Å². The maximum absolute atomic E-state index is 12.3. The number of nitrogens with one attached hydrogen (secondary N) is 1. The number of ether oxygens (including phenoxy) is 1. The minimum absolute atomic E-state index is 0.0685. The number of rotatable bonds is 4. The Balaban J connectivity index is 2.40. The second-order valence-electron chi connectivity index (χ2n) is 4.13. The van der Waals surface area contributed by atoms with E-state index < -0.39 is 10.0 Å². The Bertz CT molecular complexity index is 779. The lowest BCUT2D eigenvalue weighted by molar-refractivity contribution is 0.415. The predicted molar refractivity (Wildman–Crippen MR) is 84.7 cm³/mol. The van der Waals surface area contributed by atoms with Gasteiger partial charge in [-0.15, -0.1) is 0 Å². The Morgan fingerprint density at radius 1 is 1.14 bits per heavy atom.